The topological polar surface area (TPSA) is 116 Å². The maximum atomic E-state index is 5.56. The van der Waals surface area contributed by atoms with Crippen LogP contribution in [0.2, 0.25) is 0 Å². The van der Waals surface area contributed by atoms with Crippen LogP contribution >= 0.6 is 0 Å². The first-order valence-electron chi connectivity index (χ1n) is 11.1. The van der Waals surface area contributed by atoms with E-state index in [2.05, 4.69) is 35.6 Å². The summed E-state index contributed by atoms with van der Waals surface area (Å²) in [4.78, 5) is 21.9. The van der Waals surface area contributed by atoms with E-state index in [1.807, 2.05) is 59.3 Å². The van der Waals surface area contributed by atoms with Gasteiger partial charge in [0.05, 0.1) is 25.2 Å². The number of nitrogens with one attached hydrogen (secondary N) is 2. The van der Waals surface area contributed by atoms with E-state index in [-0.39, 0.29) is 0 Å². The summed E-state index contributed by atoms with van der Waals surface area (Å²) in [6.07, 6.45) is 9.46. The average Bonchev–Trinajstić information content (AvgIpc) is 3.62. The van der Waals surface area contributed by atoms with Crippen LogP contribution in [0.25, 0.3) is 22.7 Å². The van der Waals surface area contributed by atoms with Crippen molar-refractivity contribution in [3.63, 3.8) is 0 Å². The lowest BCUT2D eigenvalue weighted by molar-refractivity contribution is 0.415. The minimum atomic E-state index is 0.422. The van der Waals surface area contributed by atoms with Gasteiger partial charge in [-0.05, 0) is 18.6 Å². The average molecular weight is 469 g/mol. The molecule has 0 saturated heterocycles. The molecule has 0 amide bonds. The molecule has 5 aromatic rings. The summed E-state index contributed by atoms with van der Waals surface area (Å²) >= 11 is 0. The predicted molar refractivity (Wildman–Crippen MR) is 132 cm³/mol. The lowest BCUT2D eigenvalue weighted by Crippen LogP contribution is -2.11. The van der Waals surface area contributed by atoms with Crippen molar-refractivity contribution in [2.45, 2.75) is 13.0 Å². The molecule has 0 aliphatic carbocycles. The van der Waals surface area contributed by atoms with Crippen molar-refractivity contribution in [3.05, 3.63) is 79.8 Å². The maximum absolute atomic E-state index is 5.56. The number of benzene rings is 2. The SMILES string of the molecule is COc1cc(Nc2nc(NCCCn3ccnc3)nc(-c3ccccc3)n2)ccc1-c1cnco1. The van der Waals surface area contributed by atoms with Gasteiger partial charge >= 0.3 is 0 Å². The first-order chi connectivity index (χ1) is 17.3. The van der Waals surface area contributed by atoms with Crippen LogP contribution in [0.3, 0.4) is 0 Å². The monoisotopic (exact) mass is 468 g/mol. The summed E-state index contributed by atoms with van der Waals surface area (Å²) in [6.45, 7) is 1.56. The highest BCUT2D eigenvalue weighted by molar-refractivity contribution is 5.71. The van der Waals surface area contributed by atoms with E-state index in [4.69, 9.17) is 9.15 Å². The molecule has 0 spiro atoms. The molecule has 0 radical (unpaired) electrons. The second-order valence-corrected chi connectivity index (χ2v) is 7.66. The zero-order valence-electron chi connectivity index (χ0n) is 19.1. The highest BCUT2D eigenvalue weighted by Crippen LogP contribution is 2.33. The third kappa shape index (κ3) is 5.44. The summed E-state index contributed by atoms with van der Waals surface area (Å²) in [5, 5.41) is 6.59. The second kappa shape index (κ2) is 10.5. The molecule has 0 fully saturated rings. The molecule has 5 rings (SSSR count). The third-order valence-corrected chi connectivity index (χ3v) is 5.26. The number of nitrogens with zero attached hydrogens (tertiary/aromatic N) is 6. The molecule has 3 aromatic heterocycles. The highest BCUT2D eigenvalue weighted by atomic mass is 16.5. The molecule has 0 bridgehead atoms. The van der Waals surface area contributed by atoms with Crippen molar-refractivity contribution >= 4 is 17.6 Å². The number of ether oxygens (including phenoxy) is 1. The Balaban J connectivity index is 1.37. The molecule has 0 aliphatic heterocycles. The number of aryl methyl sites for hydroxylation is 1. The van der Waals surface area contributed by atoms with Crippen LogP contribution in [0.4, 0.5) is 17.6 Å². The molecule has 10 nitrogen and oxygen atoms in total. The van der Waals surface area contributed by atoms with Gasteiger partial charge in [0.25, 0.3) is 0 Å². The summed E-state index contributed by atoms with van der Waals surface area (Å²) in [6, 6.07) is 15.5. The molecule has 176 valence electrons. The van der Waals surface area contributed by atoms with Gasteiger partial charge in [0.2, 0.25) is 11.9 Å². The third-order valence-electron chi connectivity index (χ3n) is 5.26. The molecule has 35 heavy (non-hydrogen) atoms. The molecule has 0 saturated carbocycles. The first kappa shape index (κ1) is 22.1. The number of imidazole rings is 1. The Hall–Kier alpha value is -4.73. The normalized spacial score (nSPS) is 10.8. The fraction of sp³-hybridized carbons (Fsp3) is 0.160. The number of hydrogen-bond donors (Lipinski definition) is 2. The highest BCUT2D eigenvalue weighted by Gasteiger charge is 2.13. The van der Waals surface area contributed by atoms with E-state index in [1.165, 1.54) is 6.39 Å². The van der Waals surface area contributed by atoms with Crippen LogP contribution in [0.1, 0.15) is 6.42 Å². The molecule has 0 aliphatic rings. The van der Waals surface area contributed by atoms with Crippen molar-refractivity contribution in [3.8, 4) is 28.5 Å². The first-order valence-corrected chi connectivity index (χ1v) is 11.1. The van der Waals surface area contributed by atoms with E-state index < -0.39 is 0 Å². The van der Waals surface area contributed by atoms with Gasteiger partial charge in [0, 0.05) is 42.8 Å². The fourth-order valence-electron chi connectivity index (χ4n) is 3.56. The number of hydrogen-bond acceptors (Lipinski definition) is 9. The largest absolute Gasteiger partial charge is 0.496 e. The van der Waals surface area contributed by atoms with Crippen molar-refractivity contribution in [2.75, 3.05) is 24.3 Å². The number of methoxy groups -OCH3 is 1. The number of oxazole rings is 1. The Morgan fingerprint density at radius 2 is 1.89 bits per heavy atom. The molecule has 0 atom stereocenters. The smallest absolute Gasteiger partial charge is 0.232 e. The van der Waals surface area contributed by atoms with E-state index in [1.54, 1.807) is 25.8 Å². The summed E-state index contributed by atoms with van der Waals surface area (Å²) in [5.74, 6) is 2.76. The standard InChI is InChI=1S/C25H24N8O2/c1-34-21-14-19(8-9-20(21)22-15-27-17-35-22)29-25-31-23(18-6-3-2-4-7-18)30-24(32-25)28-10-5-12-33-13-11-26-16-33/h2-4,6-9,11,13-17H,5,10,12H2,1H3,(H2,28,29,30,31,32). The fourth-order valence-corrected chi connectivity index (χ4v) is 3.56. The van der Waals surface area contributed by atoms with Crippen LogP contribution in [-0.4, -0.2) is 43.1 Å². The van der Waals surface area contributed by atoms with Gasteiger partial charge in [0.15, 0.2) is 18.0 Å². The molecule has 10 heteroatoms. The molecule has 2 N–H and O–H groups in total. The summed E-state index contributed by atoms with van der Waals surface area (Å²) in [5.41, 5.74) is 2.47. The lowest BCUT2D eigenvalue weighted by atomic mass is 10.1. The predicted octanol–water partition coefficient (Wildman–Crippen LogP) is 4.64. The zero-order valence-corrected chi connectivity index (χ0v) is 19.1. The van der Waals surface area contributed by atoms with Crippen molar-refractivity contribution in [2.24, 2.45) is 0 Å². The van der Waals surface area contributed by atoms with Crippen LogP contribution in [0.5, 0.6) is 5.75 Å². The Morgan fingerprint density at radius 3 is 2.66 bits per heavy atom. The van der Waals surface area contributed by atoms with Crippen LogP contribution in [0.15, 0.2) is 84.3 Å². The summed E-state index contributed by atoms with van der Waals surface area (Å²) < 4.78 is 13.0. The zero-order chi connectivity index (χ0) is 23.9. The Labute approximate surface area is 202 Å². The number of rotatable bonds is 10. The Bertz CT molecular complexity index is 1360. The van der Waals surface area contributed by atoms with Gasteiger partial charge in [-0.25, -0.2) is 9.97 Å². The Kier molecular flexibility index (Phi) is 6.60. The minimum Gasteiger partial charge on any atom is -0.496 e. The molecule has 0 unspecified atom stereocenters. The van der Waals surface area contributed by atoms with Gasteiger partial charge < -0.3 is 24.4 Å². The van der Waals surface area contributed by atoms with E-state index in [9.17, 15) is 0 Å². The van der Waals surface area contributed by atoms with Gasteiger partial charge in [-0.1, -0.05) is 30.3 Å². The number of anilines is 3. The van der Waals surface area contributed by atoms with Crippen LogP contribution < -0.4 is 15.4 Å². The van der Waals surface area contributed by atoms with Gasteiger partial charge in [-0.3, -0.25) is 0 Å². The van der Waals surface area contributed by atoms with Gasteiger partial charge in [-0.2, -0.15) is 15.0 Å². The minimum absolute atomic E-state index is 0.422. The van der Waals surface area contributed by atoms with Gasteiger partial charge in [-0.15, -0.1) is 0 Å². The van der Waals surface area contributed by atoms with Gasteiger partial charge in [0.1, 0.15) is 5.75 Å². The molecular formula is C25H24N8O2. The lowest BCUT2D eigenvalue weighted by Gasteiger charge is -2.12. The van der Waals surface area contributed by atoms with Crippen molar-refractivity contribution in [1.29, 1.82) is 0 Å². The molecule has 3 heterocycles. The second-order valence-electron chi connectivity index (χ2n) is 7.66. The van der Waals surface area contributed by atoms with Crippen molar-refractivity contribution < 1.29 is 9.15 Å². The van der Waals surface area contributed by atoms with E-state index in [0.717, 1.165) is 29.8 Å². The quantitative estimate of drug-likeness (QED) is 0.283. The number of aromatic nitrogens is 6. The van der Waals surface area contributed by atoms with E-state index >= 15 is 0 Å². The van der Waals surface area contributed by atoms with E-state index in [0.29, 0.717) is 35.8 Å². The maximum Gasteiger partial charge on any atom is 0.232 e. The van der Waals surface area contributed by atoms with Crippen molar-refractivity contribution in [1.82, 2.24) is 29.5 Å². The molecular weight excluding hydrogens is 444 g/mol. The Morgan fingerprint density at radius 1 is 1.00 bits per heavy atom. The summed E-state index contributed by atoms with van der Waals surface area (Å²) in [7, 11) is 1.61. The van der Waals surface area contributed by atoms with Crippen LogP contribution in [0, 0.1) is 0 Å². The van der Waals surface area contributed by atoms with Crippen LogP contribution in [-0.2, 0) is 6.54 Å². The molecule has 2 aromatic carbocycles.